The maximum atomic E-state index is 10.9. The lowest BCUT2D eigenvalue weighted by Gasteiger charge is -2.35. The Morgan fingerprint density at radius 2 is 1.92 bits per heavy atom. The molecule has 2 unspecified atom stereocenters. The summed E-state index contributed by atoms with van der Waals surface area (Å²) < 4.78 is 1.10. The maximum Gasteiger partial charge on any atom is 0.0909 e. The van der Waals surface area contributed by atoms with Crippen molar-refractivity contribution in [3.8, 4) is 0 Å². The molecule has 4 heteroatoms. The first-order valence-electron chi connectivity index (χ1n) is 8.38. The van der Waals surface area contributed by atoms with Crippen molar-refractivity contribution < 1.29 is 5.11 Å². The molecule has 3 nitrogen and oxygen atoms in total. The van der Waals surface area contributed by atoms with E-state index in [9.17, 15) is 5.11 Å². The van der Waals surface area contributed by atoms with Gasteiger partial charge in [-0.25, -0.2) is 0 Å². The van der Waals surface area contributed by atoms with Gasteiger partial charge in [0.25, 0.3) is 0 Å². The number of anilines is 1. The smallest absolute Gasteiger partial charge is 0.0909 e. The summed E-state index contributed by atoms with van der Waals surface area (Å²) in [6, 6.07) is 16.7. The van der Waals surface area contributed by atoms with Crippen LogP contribution in [0.2, 0.25) is 0 Å². The van der Waals surface area contributed by atoms with E-state index in [4.69, 9.17) is 0 Å². The fraction of sp³-hybridized carbons (Fsp3) is 0.400. The van der Waals surface area contributed by atoms with Crippen LogP contribution in [0.3, 0.4) is 0 Å². The summed E-state index contributed by atoms with van der Waals surface area (Å²) >= 11 is 3.59. The van der Waals surface area contributed by atoms with Crippen molar-refractivity contribution in [1.82, 2.24) is 5.32 Å². The van der Waals surface area contributed by atoms with E-state index in [1.54, 1.807) is 0 Å². The zero-order valence-electron chi connectivity index (χ0n) is 14.5. The Morgan fingerprint density at radius 1 is 1.21 bits per heavy atom. The molecule has 0 aliphatic carbocycles. The molecule has 0 radical (unpaired) electrons. The van der Waals surface area contributed by atoms with Crippen LogP contribution >= 0.6 is 15.9 Å². The molecule has 128 valence electrons. The first kappa shape index (κ1) is 17.5. The van der Waals surface area contributed by atoms with Crippen LogP contribution in [-0.4, -0.2) is 31.3 Å². The molecular weight excluding hydrogens is 364 g/mol. The van der Waals surface area contributed by atoms with Crippen molar-refractivity contribution >= 4 is 21.6 Å². The van der Waals surface area contributed by atoms with Gasteiger partial charge < -0.3 is 15.3 Å². The molecule has 0 saturated heterocycles. The third-order valence-corrected chi connectivity index (χ3v) is 5.31. The van der Waals surface area contributed by atoms with E-state index in [1.807, 2.05) is 25.2 Å². The molecular formula is C20H25BrN2O. The monoisotopic (exact) mass is 388 g/mol. The highest BCUT2D eigenvalue weighted by Gasteiger charge is 2.40. The summed E-state index contributed by atoms with van der Waals surface area (Å²) in [5.74, 6) is 0. The molecule has 24 heavy (non-hydrogen) atoms. The molecule has 3 rings (SSSR count). The number of hydrogen-bond acceptors (Lipinski definition) is 3. The Morgan fingerprint density at radius 3 is 2.58 bits per heavy atom. The van der Waals surface area contributed by atoms with Gasteiger partial charge in [0.05, 0.1) is 12.1 Å². The fourth-order valence-corrected chi connectivity index (χ4v) is 4.09. The minimum absolute atomic E-state index is 0.0471. The van der Waals surface area contributed by atoms with E-state index in [2.05, 4.69) is 70.3 Å². The van der Waals surface area contributed by atoms with Crippen molar-refractivity contribution in [2.24, 2.45) is 0 Å². The number of fused-ring (bicyclic) bond motifs is 1. The van der Waals surface area contributed by atoms with Gasteiger partial charge >= 0.3 is 0 Å². The van der Waals surface area contributed by atoms with E-state index >= 15 is 0 Å². The van der Waals surface area contributed by atoms with Crippen molar-refractivity contribution in [2.45, 2.75) is 31.4 Å². The number of hydrogen-bond donors (Lipinski definition) is 2. The van der Waals surface area contributed by atoms with E-state index in [0.717, 1.165) is 16.6 Å². The Kier molecular flexibility index (Phi) is 5.00. The number of likely N-dealkylation sites (N-methyl/N-ethyl adjacent to an activating group) is 1. The Bertz CT molecular complexity index is 702. The first-order valence-corrected chi connectivity index (χ1v) is 9.17. The molecule has 0 saturated carbocycles. The van der Waals surface area contributed by atoms with Crippen molar-refractivity contribution in [3.05, 3.63) is 64.1 Å². The van der Waals surface area contributed by atoms with E-state index in [-0.39, 0.29) is 11.5 Å². The quantitative estimate of drug-likeness (QED) is 0.815. The average molecular weight is 389 g/mol. The summed E-state index contributed by atoms with van der Waals surface area (Å²) in [7, 11) is 1.88. The molecule has 1 aliphatic heterocycles. The molecule has 2 N–H and O–H groups in total. The Hall–Kier alpha value is -1.36. The summed E-state index contributed by atoms with van der Waals surface area (Å²) in [6.07, 6.45) is -0.484. The fourth-order valence-electron chi connectivity index (χ4n) is 3.73. The molecule has 2 aromatic carbocycles. The molecule has 2 aromatic rings. The third-order valence-electron chi connectivity index (χ3n) is 4.82. The average Bonchev–Trinajstić information content (AvgIpc) is 2.80. The first-order chi connectivity index (χ1) is 11.4. The highest BCUT2D eigenvalue weighted by Crippen LogP contribution is 2.46. The van der Waals surface area contributed by atoms with Gasteiger partial charge in [0.2, 0.25) is 0 Å². The van der Waals surface area contributed by atoms with Crippen molar-refractivity contribution in [2.75, 3.05) is 25.0 Å². The number of aliphatic hydroxyl groups excluding tert-OH is 1. The van der Waals surface area contributed by atoms with Crippen molar-refractivity contribution in [1.29, 1.82) is 0 Å². The minimum atomic E-state index is -0.484. The number of rotatable bonds is 5. The number of benzene rings is 2. The van der Waals surface area contributed by atoms with E-state index < -0.39 is 6.10 Å². The molecule has 1 aliphatic rings. The Labute approximate surface area is 152 Å². The number of aliphatic hydroxyl groups is 1. The van der Waals surface area contributed by atoms with Crippen LogP contribution < -0.4 is 10.2 Å². The summed E-state index contributed by atoms with van der Waals surface area (Å²) in [5, 5.41) is 14.0. The summed E-state index contributed by atoms with van der Waals surface area (Å²) in [6.45, 7) is 5.98. The molecule has 2 atom stereocenters. The van der Waals surface area contributed by atoms with Gasteiger partial charge in [-0.2, -0.15) is 0 Å². The van der Waals surface area contributed by atoms with Gasteiger partial charge in [-0.15, -0.1) is 0 Å². The lowest BCUT2D eigenvalue weighted by Crippen LogP contribution is -2.42. The third kappa shape index (κ3) is 3.23. The van der Waals surface area contributed by atoms with Crippen LogP contribution in [0.5, 0.6) is 0 Å². The standard InChI is InChI=1S/C20H25BrN2O/c1-20(2)13-23(17-10-9-15(21)11-16(17)20)19(18(24)12-22-3)14-7-5-4-6-8-14/h4-11,18-19,22,24H,12-13H2,1-3H3. The lowest BCUT2D eigenvalue weighted by atomic mass is 9.87. The van der Waals surface area contributed by atoms with Crippen LogP contribution in [-0.2, 0) is 5.41 Å². The zero-order valence-corrected chi connectivity index (χ0v) is 16.0. The topological polar surface area (TPSA) is 35.5 Å². The number of nitrogens with zero attached hydrogens (tertiary/aromatic N) is 1. The van der Waals surface area contributed by atoms with E-state index in [1.165, 1.54) is 11.3 Å². The highest BCUT2D eigenvalue weighted by atomic mass is 79.9. The second kappa shape index (κ2) is 6.87. The predicted octanol–water partition coefficient (Wildman–Crippen LogP) is 3.87. The normalized spacial score (nSPS) is 18.3. The number of halogens is 1. The largest absolute Gasteiger partial charge is 0.389 e. The highest BCUT2D eigenvalue weighted by molar-refractivity contribution is 9.10. The van der Waals surface area contributed by atoms with Crippen LogP contribution in [0, 0.1) is 0 Å². The van der Waals surface area contributed by atoms with Gasteiger partial charge in [0.1, 0.15) is 0 Å². The van der Waals surface area contributed by atoms with Crippen LogP contribution in [0.4, 0.5) is 5.69 Å². The Balaban J connectivity index is 2.07. The van der Waals surface area contributed by atoms with Crippen molar-refractivity contribution in [3.63, 3.8) is 0 Å². The number of nitrogens with one attached hydrogen (secondary N) is 1. The van der Waals surface area contributed by atoms with Crippen LogP contribution in [0.15, 0.2) is 53.0 Å². The zero-order chi connectivity index (χ0) is 17.3. The lowest BCUT2D eigenvalue weighted by molar-refractivity contribution is 0.140. The SMILES string of the molecule is CNCC(O)C(c1ccccc1)N1CC(C)(C)c2cc(Br)ccc21. The maximum absolute atomic E-state index is 10.9. The molecule has 0 aromatic heterocycles. The van der Waals surface area contributed by atoms with Gasteiger partial charge in [0, 0.05) is 28.7 Å². The van der Waals surface area contributed by atoms with Gasteiger partial charge in [-0.05, 0) is 36.4 Å². The molecule has 1 heterocycles. The molecule has 0 bridgehead atoms. The second-order valence-corrected chi connectivity index (χ2v) is 8.07. The summed E-state index contributed by atoms with van der Waals surface area (Å²) in [4.78, 5) is 2.36. The second-order valence-electron chi connectivity index (χ2n) is 7.15. The van der Waals surface area contributed by atoms with E-state index in [0.29, 0.717) is 6.54 Å². The molecule has 0 amide bonds. The summed E-state index contributed by atoms with van der Waals surface area (Å²) in [5.41, 5.74) is 3.74. The van der Waals surface area contributed by atoms with Gasteiger partial charge in [-0.3, -0.25) is 0 Å². The van der Waals surface area contributed by atoms with Gasteiger partial charge in [0.15, 0.2) is 0 Å². The molecule has 0 spiro atoms. The minimum Gasteiger partial charge on any atom is -0.389 e. The molecule has 0 fully saturated rings. The van der Waals surface area contributed by atoms with Gasteiger partial charge in [-0.1, -0.05) is 60.1 Å². The van der Waals surface area contributed by atoms with Crippen LogP contribution in [0.25, 0.3) is 0 Å². The van der Waals surface area contributed by atoms with Crippen LogP contribution in [0.1, 0.15) is 31.0 Å². The predicted molar refractivity (Wildman–Crippen MR) is 104 cm³/mol.